The predicted molar refractivity (Wildman–Crippen MR) is 92.1 cm³/mol. The zero-order chi connectivity index (χ0) is 19.2. The Bertz CT molecular complexity index is 836. The molecule has 0 saturated carbocycles. The van der Waals surface area contributed by atoms with E-state index in [1.807, 2.05) is 41.5 Å². The van der Waals surface area contributed by atoms with Crippen LogP contribution >= 0.6 is 0 Å². The third-order valence-electron chi connectivity index (χ3n) is 3.11. The monoisotopic (exact) mass is 349 g/mol. The van der Waals surface area contributed by atoms with Crippen molar-refractivity contribution < 1.29 is 29.3 Å². The highest BCUT2D eigenvalue weighted by Gasteiger charge is 2.26. The normalized spacial score (nSPS) is 12.2. The Balaban J connectivity index is 2.78. The van der Waals surface area contributed by atoms with Crippen molar-refractivity contribution in [2.45, 2.75) is 52.7 Å². The molecule has 25 heavy (non-hydrogen) atoms. The fourth-order valence-corrected chi connectivity index (χ4v) is 2.31. The minimum absolute atomic E-state index is 0.290. The summed E-state index contributed by atoms with van der Waals surface area (Å²) in [5, 5.41) is 18.6. The van der Waals surface area contributed by atoms with E-state index in [4.69, 9.17) is 9.47 Å². The van der Waals surface area contributed by atoms with Crippen LogP contribution in [-0.4, -0.2) is 37.8 Å². The van der Waals surface area contributed by atoms with Crippen LogP contribution in [0, 0.1) is 0 Å². The van der Waals surface area contributed by atoms with Crippen molar-refractivity contribution >= 4 is 17.5 Å². The molecule has 0 aliphatic rings. The molecule has 0 saturated heterocycles. The fourth-order valence-electron chi connectivity index (χ4n) is 2.31. The number of carboxylic acid groups (broad SMARTS) is 2. The summed E-state index contributed by atoms with van der Waals surface area (Å²) in [6, 6.07) is 2.95. The summed E-state index contributed by atoms with van der Waals surface area (Å²) in [6.45, 7) is 11.2. The number of fused-ring (bicyclic) bond motifs is 1. The van der Waals surface area contributed by atoms with E-state index in [9.17, 15) is 19.8 Å². The Morgan fingerprint density at radius 2 is 1.40 bits per heavy atom. The molecule has 0 spiro atoms. The molecule has 2 heterocycles. The van der Waals surface area contributed by atoms with Gasteiger partial charge in [0.2, 0.25) is 5.88 Å². The van der Waals surface area contributed by atoms with E-state index in [0.717, 1.165) is 0 Å². The summed E-state index contributed by atoms with van der Waals surface area (Å²) >= 11 is 0. The zero-order valence-corrected chi connectivity index (χ0v) is 15.2. The molecular formula is C18H23NO6. The van der Waals surface area contributed by atoms with Crippen molar-refractivity contribution in [3.8, 4) is 11.6 Å². The minimum atomic E-state index is -1.33. The molecule has 136 valence electrons. The first-order valence-corrected chi connectivity index (χ1v) is 7.82. The number of hydrogen-bond acceptors (Lipinski definition) is 4. The van der Waals surface area contributed by atoms with Crippen molar-refractivity contribution in [3.05, 3.63) is 29.5 Å². The zero-order valence-electron chi connectivity index (χ0n) is 15.2. The lowest BCUT2D eigenvalue weighted by molar-refractivity contribution is 0.0650. The van der Waals surface area contributed by atoms with Gasteiger partial charge in [0.05, 0.1) is 16.6 Å². The van der Waals surface area contributed by atoms with Gasteiger partial charge in [-0.15, -0.1) is 0 Å². The minimum Gasteiger partial charge on any atom is -0.482 e. The van der Waals surface area contributed by atoms with Crippen LogP contribution < -0.4 is 9.47 Å². The van der Waals surface area contributed by atoms with E-state index in [-0.39, 0.29) is 11.1 Å². The first-order valence-electron chi connectivity index (χ1n) is 7.82. The first-order chi connectivity index (χ1) is 11.3. The highest BCUT2D eigenvalue weighted by molar-refractivity contribution is 6.02. The van der Waals surface area contributed by atoms with Crippen LogP contribution in [0.1, 0.15) is 62.3 Å². The van der Waals surface area contributed by atoms with Gasteiger partial charge in [-0.2, -0.15) is 0 Å². The van der Waals surface area contributed by atoms with Crippen LogP contribution in [0.3, 0.4) is 0 Å². The molecule has 2 aromatic rings. The van der Waals surface area contributed by atoms with Crippen molar-refractivity contribution in [2.75, 3.05) is 0 Å². The highest BCUT2D eigenvalue weighted by atomic mass is 16.5. The molecule has 0 atom stereocenters. The van der Waals surface area contributed by atoms with E-state index >= 15 is 0 Å². The highest BCUT2D eigenvalue weighted by Crippen LogP contribution is 2.37. The largest absolute Gasteiger partial charge is 0.482 e. The molecule has 0 bridgehead atoms. The van der Waals surface area contributed by atoms with Gasteiger partial charge >= 0.3 is 11.9 Å². The maximum absolute atomic E-state index is 11.5. The van der Waals surface area contributed by atoms with Crippen LogP contribution in [0.2, 0.25) is 0 Å². The number of carboxylic acids is 2. The number of carbonyl (C=O) groups is 2. The molecule has 0 aliphatic carbocycles. The third kappa shape index (κ3) is 4.23. The maximum atomic E-state index is 11.5. The number of pyridine rings is 1. The molecule has 2 N–H and O–H groups in total. The summed E-state index contributed by atoms with van der Waals surface area (Å²) in [5.41, 5.74) is -1.20. The van der Waals surface area contributed by atoms with Crippen LogP contribution in [0.15, 0.2) is 18.3 Å². The van der Waals surface area contributed by atoms with E-state index < -0.39 is 23.1 Å². The fraction of sp³-hybridized carbons (Fsp3) is 0.444. The van der Waals surface area contributed by atoms with Gasteiger partial charge in [-0.25, -0.2) is 9.59 Å². The van der Waals surface area contributed by atoms with Gasteiger partial charge in [0.15, 0.2) is 5.75 Å². The van der Waals surface area contributed by atoms with Crippen molar-refractivity contribution in [1.82, 2.24) is 4.40 Å². The van der Waals surface area contributed by atoms with Crippen LogP contribution in [-0.2, 0) is 0 Å². The first kappa shape index (κ1) is 18.6. The summed E-state index contributed by atoms with van der Waals surface area (Å²) < 4.78 is 13.4. The predicted octanol–water partition coefficient (Wildman–Crippen LogP) is 3.69. The van der Waals surface area contributed by atoms with Gasteiger partial charge < -0.3 is 19.7 Å². The number of aromatic nitrogens is 1. The second-order valence-corrected chi connectivity index (χ2v) is 7.75. The number of rotatable bonds is 4. The molecule has 0 unspecified atom stereocenters. The van der Waals surface area contributed by atoms with Gasteiger partial charge in [0.25, 0.3) is 0 Å². The SMILES string of the molecule is CC(C)(C)Oc1cc2cc(C(=O)O)c(C(=O)O)cn2c1OC(C)(C)C. The molecular weight excluding hydrogens is 326 g/mol. The summed E-state index contributed by atoms with van der Waals surface area (Å²) in [6.07, 6.45) is 1.25. The van der Waals surface area contributed by atoms with Crippen LogP contribution in [0.5, 0.6) is 11.6 Å². The van der Waals surface area contributed by atoms with Gasteiger partial charge in [-0.1, -0.05) is 0 Å². The average Bonchev–Trinajstić information content (AvgIpc) is 2.70. The standard InChI is InChI=1S/C18H23NO6/c1-17(2,3)24-13-8-10-7-11(15(20)21)12(16(22)23)9-19(10)14(13)25-18(4,5)6/h7-9H,1-6H3,(H,20,21)(H,22,23). The van der Waals surface area contributed by atoms with Gasteiger partial charge in [0.1, 0.15) is 11.2 Å². The number of hydrogen-bond donors (Lipinski definition) is 2. The number of aromatic carboxylic acids is 2. The lowest BCUT2D eigenvalue weighted by Gasteiger charge is -2.25. The van der Waals surface area contributed by atoms with E-state index in [1.54, 1.807) is 6.07 Å². The Labute approximate surface area is 145 Å². The molecule has 0 fully saturated rings. The Kier molecular flexibility index (Phi) is 4.46. The third-order valence-corrected chi connectivity index (χ3v) is 3.11. The van der Waals surface area contributed by atoms with Crippen LogP contribution in [0.4, 0.5) is 0 Å². The van der Waals surface area contributed by atoms with Gasteiger partial charge in [-0.3, -0.25) is 4.40 Å². The van der Waals surface area contributed by atoms with Crippen molar-refractivity contribution in [1.29, 1.82) is 0 Å². The number of ether oxygens (including phenoxy) is 2. The Morgan fingerprint density at radius 3 is 1.84 bits per heavy atom. The average molecular weight is 349 g/mol. The van der Waals surface area contributed by atoms with E-state index in [1.165, 1.54) is 16.7 Å². The van der Waals surface area contributed by atoms with E-state index in [2.05, 4.69) is 0 Å². The number of nitrogens with zero attached hydrogens (tertiary/aromatic N) is 1. The van der Waals surface area contributed by atoms with Crippen molar-refractivity contribution in [3.63, 3.8) is 0 Å². The van der Waals surface area contributed by atoms with Crippen molar-refractivity contribution in [2.24, 2.45) is 0 Å². The van der Waals surface area contributed by atoms with E-state index in [0.29, 0.717) is 17.1 Å². The summed E-state index contributed by atoms with van der Waals surface area (Å²) in [5.74, 6) is -1.89. The van der Waals surface area contributed by atoms with Gasteiger partial charge in [0, 0.05) is 12.3 Å². The maximum Gasteiger partial charge on any atom is 0.338 e. The molecule has 2 aromatic heterocycles. The Hall–Kier alpha value is -2.70. The van der Waals surface area contributed by atoms with Crippen LogP contribution in [0.25, 0.3) is 5.52 Å². The Morgan fingerprint density at radius 1 is 0.880 bits per heavy atom. The second kappa shape index (κ2) is 5.98. The topological polar surface area (TPSA) is 97.5 Å². The molecule has 0 aromatic carbocycles. The second-order valence-electron chi connectivity index (χ2n) is 7.75. The smallest absolute Gasteiger partial charge is 0.338 e. The molecule has 7 nitrogen and oxygen atoms in total. The lowest BCUT2D eigenvalue weighted by atomic mass is 10.1. The quantitative estimate of drug-likeness (QED) is 0.873. The molecule has 0 aliphatic heterocycles. The molecule has 2 rings (SSSR count). The molecule has 0 radical (unpaired) electrons. The summed E-state index contributed by atoms with van der Waals surface area (Å²) in [4.78, 5) is 22.8. The molecule has 0 amide bonds. The van der Waals surface area contributed by atoms with Gasteiger partial charge in [-0.05, 0) is 47.6 Å². The molecule has 7 heteroatoms. The lowest BCUT2D eigenvalue weighted by Crippen LogP contribution is -2.26. The summed E-state index contributed by atoms with van der Waals surface area (Å²) in [7, 11) is 0.